The van der Waals surface area contributed by atoms with Crippen LogP contribution in [-0.4, -0.2) is 138 Å². The van der Waals surface area contributed by atoms with Crippen molar-refractivity contribution in [3.8, 4) is 0 Å². The van der Waals surface area contributed by atoms with Crippen molar-refractivity contribution in [3.63, 3.8) is 0 Å². The molecule has 6 rings (SSSR count). The van der Waals surface area contributed by atoms with Crippen molar-refractivity contribution in [3.05, 3.63) is 0 Å². The lowest BCUT2D eigenvalue weighted by molar-refractivity contribution is -0.337. The highest BCUT2D eigenvalue weighted by Crippen LogP contribution is 2.70. The van der Waals surface area contributed by atoms with Crippen LogP contribution in [0.5, 0.6) is 0 Å². The lowest BCUT2D eigenvalue weighted by Crippen LogP contribution is -2.59. The first-order valence-corrected chi connectivity index (χ1v) is 17.8. The Morgan fingerprint density at radius 3 is 2.23 bits per heavy atom. The molecule has 3 bridgehead atoms. The number of likely N-dealkylation sites (N-methyl/N-ethyl adjacent to an activating group) is 1. The monoisotopic (exact) mass is 685 g/mol. The Kier molecular flexibility index (Phi) is 9.67. The number of methoxy groups -OCH3 is 1. The van der Waals surface area contributed by atoms with Gasteiger partial charge < -0.3 is 58.1 Å². The first-order valence-electron chi connectivity index (χ1n) is 17.8. The van der Waals surface area contributed by atoms with E-state index in [0.29, 0.717) is 12.8 Å². The van der Waals surface area contributed by atoms with Gasteiger partial charge in [-0.1, -0.05) is 20.8 Å². The maximum absolute atomic E-state index is 13.9. The highest BCUT2D eigenvalue weighted by molar-refractivity contribution is 5.73. The van der Waals surface area contributed by atoms with E-state index in [4.69, 9.17) is 37.9 Å². The Balaban J connectivity index is 1.41. The van der Waals surface area contributed by atoms with Gasteiger partial charge >= 0.3 is 5.97 Å². The largest absolute Gasteiger partial charge is 0.462 e. The van der Waals surface area contributed by atoms with Crippen LogP contribution in [0.15, 0.2) is 0 Å². The van der Waals surface area contributed by atoms with Crippen LogP contribution < -0.4 is 0 Å². The lowest BCUT2D eigenvalue weighted by atomic mass is 9.82. The van der Waals surface area contributed by atoms with E-state index in [2.05, 4.69) is 6.92 Å². The van der Waals surface area contributed by atoms with E-state index < -0.39 is 95.5 Å². The second-order valence-electron chi connectivity index (χ2n) is 16.4. The summed E-state index contributed by atoms with van der Waals surface area (Å²) >= 11 is 0. The average Bonchev–Trinajstić information content (AvgIpc) is 3.65. The molecule has 0 aromatic heterocycles. The summed E-state index contributed by atoms with van der Waals surface area (Å²) in [6.07, 6.45) is -5.38. The fourth-order valence-corrected chi connectivity index (χ4v) is 9.66. The summed E-state index contributed by atoms with van der Waals surface area (Å²) in [7, 11) is 5.40. The molecule has 19 atom stereocenters. The molecule has 5 saturated heterocycles. The minimum Gasteiger partial charge on any atom is -0.462 e. The minimum atomic E-state index is -1.20. The molecule has 2 spiro atoms. The van der Waals surface area contributed by atoms with Gasteiger partial charge in [0, 0.05) is 43.2 Å². The number of cyclic esters (lactones) is 1. The Labute approximate surface area is 284 Å². The van der Waals surface area contributed by atoms with E-state index in [0.717, 1.165) is 0 Å². The Bertz CT molecular complexity index is 1210. The molecule has 0 amide bonds. The molecule has 13 nitrogen and oxygen atoms in total. The second kappa shape index (κ2) is 12.6. The fraction of sp³-hybridized carbons (Fsp3) is 0.971. The van der Waals surface area contributed by atoms with Crippen LogP contribution in [0.4, 0.5) is 0 Å². The lowest BCUT2D eigenvalue weighted by Gasteiger charge is -2.48. The minimum absolute atomic E-state index is 0.0102. The van der Waals surface area contributed by atoms with E-state index in [1.54, 1.807) is 27.9 Å². The zero-order valence-electron chi connectivity index (χ0n) is 30.5. The molecule has 13 heteroatoms. The number of carbonyl (C=O) groups excluding carboxylic acids is 1. The Hall–Kier alpha value is -0.970. The third kappa shape index (κ3) is 5.67. The third-order valence-electron chi connectivity index (χ3n) is 12.9. The number of ether oxygens (including phenoxy) is 8. The van der Waals surface area contributed by atoms with E-state index in [1.807, 2.05) is 46.7 Å². The van der Waals surface area contributed by atoms with Gasteiger partial charge in [0.15, 0.2) is 18.4 Å². The molecule has 5 heterocycles. The standard InChI is InChI=1S/C35H59NO12/c1-16-12-23(36(9)10)25(37)31(43-16)46-29-17(2)26(45-24-14-32(7,41-11)28(39)21(6)44-24)18(3)30(40)42-15-33(8)27(38)20(5)35(47-33)19(4)22-13-34(22,29)48-35/h16-29,31,37-39H,12-15H2,1-11H3/t16-,17-,18?,19-,20?,21?,22?,23+,24+,25-,26-,27?,28+,29-,31+,32-,33?,34?,35?/m1/s1. The summed E-state index contributed by atoms with van der Waals surface area (Å²) in [5.74, 6) is -3.52. The summed E-state index contributed by atoms with van der Waals surface area (Å²) in [5.41, 5.74) is -3.01. The number of rotatable bonds is 6. The van der Waals surface area contributed by atoms with Crippen LogP contribution in [0, 0.1) is 29.6 Å². The number of fused-ring (bicyclic) bond motifs is 1. The molecular weight excluding hydrogens is 626 g/mol. The summed E-state index contributed by atoms with van der Waals surface area (Å²) in [5, 5.41) is 34.0. The Morgan fingerprint density at radius 2 is 1.58 bits per heavy atom. The number of nitrogens with zero attached hydrogens (tertiary/aromatic N) is 1. The first kappa shape index (κ1) is 36.8. The molecule has 6 fully saturated rings. The molecule has 8 unspecified atom stereocenters. The van der Waals surface area contributed by atoms with Gasteiger partial charge in [0.1, 0.15) is 30.0 Å². The molecule has 0 aromatic rings. The maximum Gasteiger partial charge on any atom is 0.311 e. The highest BCUT2D eigenvalue weighted by atomic mass is 16.8. The van der Waals surface area contributed by atoms with Crippen molar-refractivity contribution in [2.24, 2.45) is 29.6 Å². The molecular formula is C35H59NO12. The van der Waals surface area contributed by atoms with Gasteiger partial charge in [-0.25, -0.2) is 0 Å². The van der Waals surface area contributed by atoms with Gasteiger partial charge in [0.05, 0.1) is 42.0 Å². The van der Waals surface area contributed by atoms with Crippen molar-refractivity contribution in [2.75, 3.05) is 27.8 Å². The number of aliphatic hydroxyl groups is 3. The van der Waals surface area contributed by atoms with E-state index in [9.17, 15) is 20.1 Å². The topological polar surface area (TPSA) is 155 Å². The Morgan fingerprint density at radius 1 is 0.896 bits per heavy atom. The second-order valence-corrected chi connectivity index (χ2v) is 16.4. The van der Waals surface area contributed by atoms with Gasteiger partial charge in [-0.05, 0) is 61.6 Å². The summed E-state index contributed by atoms with van der Waals surface area (Å²) < 4.78 is 51.6. The number of hydrogen-bond acceptors (Lipinski definition) is 13. The van der Waals surface area contributed by atoms with E-state index in [1.165, 1.54) is 0 Å². The molecule has 5 aliphatic heterocycles. The molecule has 0 aromatic carbocycles. The van der Waals surface area contributed by atoms with Gasteiger partial charge in [-0.2, -0.15) is 0 Å². The molecule has 48 heavy (non-hydrogen) atoms. The number of esters is 1. The van der Waals surface area contributed by atoms with Crippen LogP contribution in [0.2, 0.25) is 0 Å². The highest BCUT2D eigenvalue weighted by Gasteiger charge is 2.80. The smallest absolute Gasteiger partial charge is 0.311 e. The van der Waals surface area contributed by atoms with Crippen molar-refractivity contribution in [1.82, 2.24) is 4.90 Å². The van der Waals surface area contributed by atoms with Crippen molar-refractivity contribution < 1.29 is 58.0 Å². The number of aliphatic hydroxyl groups excluding tert-OH is 3. The molecule has 1 saturated carbocycles. The van der Waals surface area contributed by atoms with Crippen LogP contribution >= 0.6 is 0 Å². The van der Waals surface area contributed by atoms with Crippen LogP contribution in [-0.2, 0) is 42.7 Å². The number of hydrogen-bond donors (Lipinski definition) is 3. The molecule has 1 aliphatic carbocycles. The van der Waals surface area contributed by atoms with E-state index in [-0.39, 0.29) is 37.0 Å². The van der Waals surface area contributed by atoms with Gasteiger partial charge in [-0.3, -0.25) is 4.79 Å². The quantitative estimate of drug-likeness (QED) is 0.349. The van der Waals surface area contributed by atoms with Crippen molar-refractivity contribution in [1.29, 1.82) is 0 Å². The SMILES string of the molecule is CO[C@]1(C)C[C@H](O[C@H]2C(C)C(=O)OCC3(C)OC4(OC5(CC5[C@H]4C)[C@H](O[C@@H]4O[C@H](C)C[C@H](N(C)C)[C@H]4O)[C@@H]2C)C(C)C3O)OC(C)[C@@H]1O. The summed E-state index contributed by atoms with van der Waals surface area (Å²) in [6, 6.07) is -0.201. The van der Waals surface area contributed by atoms with Crippen LogP contribution in [0.1, 0.15) is 74.7 Å². The van der Waals surface area contributed by atoms with Gasteiger partial charge in [0.25, 0.3) is 0 Å². The van der Waals surface area contributed by atoms with Crippen molar-refractivity contribution in [2.45, 2.75) is 159 Å². The van der Waals surface area contributed by atoms with E-state index >= 15 is 0 Å². The van der Waals surface area contributed by atoms with Crippen LogP contribution in [0.3, 0.4) is 0 Å². The predicted octanol–water partition coefficient (Wildman–Crippen LogP) is 1.82. The van der Waals surface area contributed by atoms with Gasteiger partial charge in [0.2, 0.25) is 0 Å². The van der Waals surface area contributed by atoms with Crippen molar-refractivity contribution >= 4 is 5.97 Å². The first-order chi connectivity index (χ1) is 22.3. The summed E-state index contributed by atoms with van der Waals surface area (Å²) in [4.78, 5) is 15.9. The molecule has 3 N–H and O–H groups in total. The zero-order chi connectivity index (χ0) is 35.3. The molecule has 6 aliphatic rings. The predicted molar refractivity (Wildman–Crippen MR) is 170 cm³/mol. The molecule has 276 valence electrons. The normalized spacial score (nSPS) is 57.1. The molecule has 0 radical (unpaired) electrons. The average molecular weight is 686 g/mol. The third-order valence-corrected chi connectivity index (χ3v) is 12.9. The fourth-order valence-electron chi connectivity index (χ4n) is 9.66. The zero-order valence-corrected chi connectivity index (χ0v) is 30.5. The number of carbonyl (C=O) groups is 1. The van der Waals surface area contributed by atoms with Gasteiger partial charge in [-0.15, -0.1) is 0 Å². The van der Waals surface area contributed by atoms with Crippen LogP contribution in [0.25, 0.3) is 0 Å². The maximum atomic E-state index is 13.9. The summed E-state index contributed by atoms with van der Waals surface area (Å²) in [6.45, 7) is 14.9.